The van der Waals surface area contributed by atoms with Crippen LogP contribution in [-0.4, -0.2) is 30.0 Å². The number of piperidine rings is 1. The Hall–Kier alpha value is -2.37. The van der Waals surface area contributed by atoms with Gasteiger partial charge in [0.05, 0.1) is 19.4 Å². The Morgan fingerprint density at radius 1 is 1.45 bits per heavy atom. The Morgan fingerprint density at radius 2 is 2.20 bits per heavy atom. The van der Waals surface area contributed by atoms with Crippen LogP contribution in [0.4, 0.5) is 0 Å². The zero-order chi connectivity index (χ0) is 14.7. The van der Waals surface area contributed by atoms with E-state index < -0.39 is 11.9 Å². The Kier molecular flexibility index (Phi) is 4.02. The smallest absolute Gasteiger partial charge is 0.307 e. The first-order valence-electron chi connectivity index (χ1n) is 6.23. The van der Waals surface area contributed by atoms with Crippen molar-refractivity contribution in [3.8, 4) is 5.75 Å². The normalized spacial score (nSPS) is 18.6. The van der Waals surface area contributed by atoms with Gasteiger partial charge in [-0.1, -0.05) is 12.1 Å². The molecule has 2 rings (SSSR count). The number of amides is 2. The van der Waals surface area contributed by atoms with E-state index in [0.29, 0.717) is 23.3 Å². The van der Waals surface area contributed by atoms with E-state index in [0.717, 1.165) is 0 Å². The highest BCUT2D eigenvalue weighted by Gasteiger charge is 2.30. The molecule has 6 nitrogen and oxygen atoms in total. The van der Waals surface area contributed by atoms with E-state index in [2.05, 4.69) is 5.32 Å². The molecule has 0 saturated carbocycles. The van der Waals surface area contributed by atoms with Crippen LogP contribution in [0.1, 0.15) is 29.9 Å². The quantitative estimate of drug-likeness (QED) is 0.796. The molecule has 1 aromatic rings. The minimum absolute atomic E-state index is 0.121. The summed E-state index contributed by atoms with van der Waals surface area (Å²) in [5.41, 5.74) is 1.22. The molecular weight excluding hydrogens is 262 g/mol. The van der Waals surface area contributed by atoms with E-state index in [1.165, 1.54) is 7.11 Å². The standard InChI is InChI=1S/C14H15NO5/c1-20-11-4-2-8(7-13(17)18)6-10(11)9-3-5-12(16)15-14(9)19/h2,4,6,9H,3,5,7H2,1H3,(H,17,18)(H,15,16,19). The predicted molar refractivity (Wildman–Crippen MR) is 69.5 cm³/mol. The number of benzene rings is 1. The molecule has 1 aromatic carbocycles. The molecule has 1 unspecified atom stereocenters. The molecule has 2 amide bonds. The lowest BCUT2D eigenvalue weighted by atomic mass is 9.88. The number of hydrogen-bond acceptors (Lipinski definition) is 4. The number of methoxy groups -OCH3 is 1. The highest BCUT2D eigenvalue weighted by atomic mass is 16.5. The SMILES string of the molecule is COc1ccc(CC(=O)O)cc1C1CCC(=O)NC1=O. The molecule has 0 aliphatic carbocycles. The van der Waals surface area contributed by atoms with E-state index in [1.54, 1.807) is 18.2 Å². The fourth-order valence-corrected chi connectivity index (χ4v) is 2.33. The van der Waals surface area contributed by atoms with E-state index >= 15 is 0 Å². The molecule has 20 heavy (non-hydrogen) atoms. The summed E-state index contributed by atoms with van der Waals surface area (Å²) < 4.78 is 5.22. The number of rotatable bonds is 4. The second kappa shape index (κ2) is 5.73. The van der Waals surface area contributed by atoms with Crippen molar-refractivity contribution in [1.82, 2.24) is 5.32 Å². The Morgan fingerprint density at radius 3 is 2.80 bits per heavy atom. The van der Waals surface area contributed by atoms with Crippen molar-refractivity contribution in [2.75, 3.05) is 7.11 Å². The summed E-state index contributed by atoms with van der Waals surface area (Å²) in [4.78, 5) is 33.8. The summed E-state index contributed by atoms with van der Waals surface area (Å²) in [6, 6.07) is 4.96. The molecule has 0 radical (unpaired) electrons. The molecule has 1 fully saturated rings. The lowest BCUT2D eigenvalue weighted by Gasteiger charge is -2.23. The molecule has 1 heterocycles. The van der Waals surface area contributed by atoms with Crippen LogP contribution in [0.25, 0.3) is 0 Å². The highest BCUT2D eigenvalue weighted by molar-refractivity contribution is 6.01. The first kappa shape index (κ1) is 14.0. The minimum Gasteiger partial charge on any atom is -0.496 e. The molecule has 1 aliphatic rings. The second-order valence-electron chi connectivity index (χ2n) is 4.65. The van der Waals surface area contributed by atoms with Gasteiger partial charge < -0.3 is 9.84 Å². The Labute approximate surface area is 115 Å². The molecule has 1 saturated heterocycles. The average Bonchev–Trinajstić information content (AvgIpc) is 2.38. The van der Waals surface area contributed by atoms with Gasteiger partial charge in [0.25, 0.3) is 0 Å². The molecule has 1 aliphatic heterocycles. The van der Waals surface area contributed by atoms with Crippen LogP contribution >= 0.6 is 0 Å². The van der Waals surface area contributed by atoms with Crippen molar-refractivity contribution < 1.29 is 24.2 Å². The van der Waals surface area contributed by atoms with Crippen molar-refractivity contribution in [1.29, 1.82) is 0 Å². The zero-order valence-electron chi connectivity index (χ0n) is 11.0. The summed E-state index contributed by atoms with van der Waals surface area (Å²) in [7, 11) is 1.49. The van der Waals surface area contributed by atoms with Crippen molar-refractivity contribution in [2.24, 2.45) is 0 Å². The third-order valence-corrected chi connectivity index (χ3v) is 3.26. The zero-order valence-corrected chi connectivity index (χ0v) is 11.0. The fourth-order valence-electron chi connectivity index (χ4n) is 2.33. The van der Waals surface area contributed by atoms with Crippen LogP contribution in [0.15, 0.2) is 18.2 Å². The van der Waals surface area contributed by atoms with E-state index in [4.69, 9.17) is 9.84 Å². The lowest BCUT2D eigenvalue weighted by Crippen LogP contribution is -2.39. The Bertz CT molecular complexity index is 567. The maximum absolute atomic E-state index is 11.9. The van der Waals surface area contributed by atoms with Crippen LogP contribution < -0.4 is 10.1 Å². The van der Waals surface area contributed by atoms with Crippen molar-refractivity contribution in [3.63, 3.8) is 0 Å². The van der Waals surface area contributed by atoms with E-state index in [1.807, 2.05) is 0 Å². The number of carbonyl (C=O) groups is 3. The summed E-state index contributed by atoms with van der Waals surface area (Å²) >= 11 is 0. The summed E-state index contributed by atoms with van der Waals surface area (Å²) in [5, 5.41) is 11.1. The summed E-state index contributed by atoms with van der Waals surface area (Å²) in [5.74, 6) is -1.56. The molecule has 0 spiro atoms. The van der Waals surface area contributed by atoms with Gasteiger partial charge in [0.2, 0.25) is 11.8 Å². The molecule has 6 heteroatoms. The molecule has 0 bridgehead atoms. The van der Waals surface area contributed by atoms with Gasteiger partial charge in [-0.2, -0.15) is 0 Å². The number of imide groups is 1. The molecule has 2 N–H and O–H groups in total. The van der Waals surface area contributed by atoms with Crippen LogP contribution in [0.3, 0.4) is 0 Å². The van der Waals surface area contributed by atoms with Crippen LogP contribution in [0, 0.1) is 0 Å². The topological polar surface area (TPSA) is 92.7 Å². The third-order valence-electron chi connectivity index (χ3n) is 3.26. The Balaban J connectivity index is 2.35. The van der Waals surface area contributed by atoms with Crippen LogP contribution in [0.5, 0.6) is 5.75 Å². The van der Waals surface area contributed by atoms with E-state index in [9.17, 15) is 14.4 Å². The van der Waals surface area contributed by atoms with Crippen molar-refractivity contribution in [2.45, 2.75) is 25.2 Å². The fraction of sp³-hybridized carbons (Fsp3) is 0.357. The van der Waals surface area contributed by atoms with Gasteiger partial charge in [0, 0.05) is 12.0 Å². The van der Waals surface area contributed by atoms with Crippen molar-refractivity contribution in [3.05, 3.63) is 29.3 Å². The highest BCUT2D eigenvalue weighted by Crippen LogP contribution is 2.32. The number of carbonyl (C=O) groups excluding carboxylic acids is 2. The maximum Gasteiger partial charge on any atom is 0.307 e. The first-order chi connectivity index (χ1) is 9.51. The summed E-state index contributed by atoms with van der Waals surface area (Å²) in [6.07, 6.45) is 0.546. The van der Waals surface area contributed by atoms with Gasteiger partial charge in [-0.25, -0.2) is 0 Å². The third kappa shape index (κ3) is 2.96. The number of carboxylic acid groups (broad SMARTS) is 1. The number of hydrogen-bond donors (Lipinski definition) is 2. The van der Waals surface area contributed by atoms with Gasteiger partial charge in [-0.15, -0.1) is 0 Å². The van der Waals surface area contributed by atoms with Gasteiger partial charge in [0.15, 0.2) is 0 Å². The maximum atomic E-state index is 11.9. The number of aliphatic carboxylic acids is 1. The largest absolute Gasteiger partial charge is 0.496 e. The molecule has 0 aromatic heterocycles. The van der Waals surface area contributed by atoms with Gasteiger partial charge in [-0.05, 0) is 18.1 Å². The number of carboxylic acids is 1. The lowest BCUT2D eigenvalue weighted by molar-refractivity contribution is -0.136. The monoisotopic (exact) mass is 277 g/mol. The average molecular weight is 277 g/mol. The van der Waals surface area contributed by atoms with Gasteiger partial charge in [-0.3, -0.25) is 19.7 Å². The predicted octanol–water partition coefficient (Wildman–Crippen LogP) is 0.842. The number of nitrogens with one attached hydrogen (secondary N) is 1. The second-order valence-corrected chi connectivity index (χ2v) is 4.65. The molecular formula is C14H15NO5. The van der Waals surface area contributed by atoms with Crippen LogP contribution in [0.2, 0.25) is 0 Å². The summed E-state index contributed by atoms with van der Waals surface area (Å²) in [6.45, 7) is 0. The molecule has 1 atom stereocenters. The van der Waals surface area contributed by atoms with E-state index in [-0.39, 0.29) is 24.7 Å². The number of ether oxygens (including phenoxy) is 1. The van der Waals surface area contributed by atoms with Crippen molar-refractivity contribution >= 4 is 17.8 Å². The first-order valence-corrected chi connectivity index (χ1v) is 6.23. The molecule has 106 valence electrons. The van der Waals surface area contributed by atoms with Gasteiger partial charge >= 0.3 is 5.97 Å². The van der Waals surface area contributed by atoms with Gasteiger partial charge in [0.1, 0.15) is 5.75 Å². The minimum atomic E-state index is -0.940. The van der Waals surface area contributed by atoms with Crippen LogP contribution in [-0.2, 0) is 20.8 Å².